The van der Waals surface area contributed by atoms with Crippen LogP contribution in [0, 0.1) is 10.1 Å². The first-order valence-corrected chi connectivity index (χ1v) is 7.99. The van der Waals surface area contributed by atoms with Gasteiger partial charge < -0.3 is 0 Å². The van der Waals surface area contributed by atoms with E-state index in [9.17, 15) is 14.9 Å². The number of fused-ring (bicyclic) bond motifs is 1. The summed E-state index contributed by atoms with van der Waals surface area (Å²) in [6.07, 6.45) is 4.94. The Morgan fingerprint density at radius 1 is 1.12 bits per heavy atom. The molecule has 0 saturated heterocycles. The second-order valence-electron chi connectivity index (χ2n) is 5.13. The Hall–Kier alpha value is -3.46. The van der Waals surface area contributed by atoms with Crippen LogP contribution in [-0.4, -0.2) is 24.5 Å². The van der Waals surface area contributed by atoms with E-state index in [0.29, 0.717) is 20.9 Å². The van der Waals surface area contributed by atoms with E-state index in [0.717, 1.165) is 5.56 Å². The van der Waals surface area contributed by atoms with Crippen molar-refractivity contribution in [1.29, 1.82) is 0 Å². The zero-order valence-corrected chi connectivity index (χ0v) is 13.4. The number of hydrogen-bond donors (Lipinski definition) is 0. The Balaban J connectivity index is 1.76. The zero-order valence-electron chi connectivity index (χ0n) is 12.6. The van der Waals surface area contributed by atoms with Crippen molar-refractivity contribution < 1.29 is 4.92 Å². The second-order valence-corrected chi connectivity index (χ2v) is 6.14. The highest BCUT2D eigenvalue weighted by Crippen LogP contribution is 2.15. The van der Waals surface area contributed by atoms with Crippen LogP contribution in [0.25, 0.3) is 22.4 Å². The van der Waals surface area contributed by atoms with Crippen LogP contribution in [0.3, 0.4) is 0 Å². The summed E-state index contributed by atoms with van der Waals surface area (Å²) in [4.78, 5) is 31.5. The molecule has 8 nitrogen and oxygen atoms in total. The average molecular weight is 351 g/mol. The van der Waals surface area contributed by atoms with Crippen LogP contribution in [0.2, 0.25) is 0 Å². The quantitative estimate of drug-likeness (QED) is 0.411. The number of nitro groups is 1. The van der Waals surface area contributed by atoms with Crippen molar-refractivity contribution in [3.05, 3.63) is 79.4 Å². The van der Waals surface area contributed by atoms with E-state index in [4.69, 9.17) is 0 Å². The predicted octanol–water partition coefficient (Wildman–Crippen LogP) is 1.67. The van der Waals surface area contributed by atoms with Gasteiger partial charge in [-0.1, -0.05) is 11.3 Å². The van der Waals surface area contributed by atoms with E-state index in [1.165, 1.54) is 28.0 Å². The van der Waals surface area contributed by atoms with Gasteiger partial charge in [0.25, 0.3) is 11.2 Å². The van der Waals surface area contributed by atoms with Crippen LogP contribution >= 0.6 is 11.3 Å². The molecule has 0 radical (unpaired) electrons. The lowest BCUT2D eigenvalue weighted by Crippen LogP contribution is -2.23. The van der Waals surface area contributed by atoms with Crippen LogP contribution in [0.15, 0.2) is 53.6 Å². The first-order chi connectivity index (χ1) is 12.1. The molecule has 0 atom stereocenters. The van der Waals surface area contributed by atoms with Crippen molar-refractivity contribution in [3.63, 3.8) is 0 Å². The Morgan fingerprint density at radius 2 is 1.84 bits per heavy atom. The maximum atomic E-state index is 12.5. The highest BCUT2D eigenvalue weighted by atomic mass is 32.1. The van der Waals surface area contributed by atoms with Gasteiger partial charge in [-0.25, -0.2) is 0 Å². The molecule has 0 aliphatic rings. The molecule has 3 aromatic heterocycles. The van der Waals surface area contributed by atoms with Gasteiger partial charge in [-0.3, -0.25) is 19.9 Å². The van der Waals surface area contributed by atoms with Gasteiger partial charge in [-0.05, 0) is 35.9 Å². The molecule has 0 bridgehead atoms. The third-order valence-corrected chi connectivity index (χ3v) is 4.48. The summed E-state index contributed by atoms with van der Waals surface area (Å²) in [7, 11) is 0. The first-order valence-electron chi connectivity index (χ1n) is 7.18. The van der Waals surface area contributed by atoms with Gasteiger partial charge in [0.2, 0.25) is 4.96 Å². The van der Waals surface area contributed by atoms with Crippen LogP contribution < -0.4 is 10.1 Å². The van der Waals surface area contributed by atoms with Gasteiger partial charge in [0.05, 0.1) is 9.46 Å². The Bertz CT molecular complexity index is 1180. The first kappa shape index (κ1) is 15.1. The number of rotatable bonds is 3. The molecule has 0 amide bonds. The van der Waals surface area contributed by atoms with Crippen molar-refractivity contribution in [1.82, 2.24) is 19.6 Å². The van der Waals surface area contributed by atoms with Gasteiger partial charge in [-0.15, -0.1) is 5.10 Å². The molecule has 122 valence electrons. The number of nitrogens with zero attached hydrogens (tertiary/aromatic N) is 5. The Labute approximate surface area is 143 Å². The Kier molecular flexibility index (Phi) is 3.55. The van der Waals surface area contributed by atoms with Crippen molar-refractivity contribution in [2.24, 2.45) is 0 Å². The minimum absolute atomic E-state index is 0.00383. The summed E-state index contributed by atoms with van der Waals surface area (Å²) in [5.74, 6) is 0.465. The monoisotopic (exact) mass is 351 g/mol. The molecule has 9 heteroatoms. The van der Waals surface area contributed by atoms with Crippen LogP contribution in [-0.2, 0) is 0 Å². The lowest BCUT2D eigenvalue weighted by atomic mass is 10.2. The minimum Gasteiger partial charge on any atom is -0.266 e. The number of non-ortho nitro benzene ring substituents is 1. The molecule has 3 heterocycles. The molecule has 25 heavy (non-hydrogen) atoms. The van der Waals surface area contributed by atoms with Gasteiger partial charge in [0.1, 0.15) is 0 Å². The van der Waals surface area contributed by atoms with E-state index >= 15 is 0 Å². The van der Waals surface area contributed by atoms with Crippen molar-refractivity contribution in [2.45, 2.75) is 0 Å². The predicted molar refractivity (Wildman–Crippen MR) is 92.2 cm³/mol. The molecule has 0 fully saturated rings. The molecule has 4 rings (SSSR count). The van der Waals surface area contributed by atoms with Crippen LogP contribution in [0.1, 0.15) is 5.56 Å². The fraction of sp³-hybridized carbons (Fsp3) is 0. The van der Waals surface area contributed by atoms with E-state index < -0.39 is 4.92 Å². The standard InChI is InChI=1S/C16H9N5O3S/c22-15-13(9-10-1-3-12(4-2-10)21(23)24)25-16-18-14(19-20(15)16)11-5-7-17-8-6-11/h1-9H/b13-9+. The summed E-state index contributed by atoms with van der Waals surface area (Å²) in [5.41, 5.74) is 1.21. The fourth-order valence-electron chi connectivity index (χ4n) is 2.30. The molecule has 0 N–H and O–H groups in total. The molecular weight excluding hydrogens is 342 g/mol. The fourth-order valence-corrected chi connectivity index (χ4v) is 3.21. The highest BCUT2D eigenvalue weighted by Gasteiger charge is 2.12. The molecule has 0 unspecified atom stereocenters. The summed E-state index contributed by atoms with van der Waals surface area (Å²) < 4.78 is 1.72. The Morgan fingerprint density at radius 3 is 2.48 bits per heavy atom. The normalized spacial score (nSPS) is 11.9. The van der Waals surface area contributed by atoms with Crippen LogP contribution in [0.5, 0.6) is 0 Å². The zero-order chi connectivity index (χ0) is 17.4. The molecule has 4 aromatic rings. The summed E-state index contributed by atoms with van der Waals surface area (Å²) in [5, 5.41) is 14.9. The molecule has 0 aliphatic carbocycles. The molecule has 0 aliphatic heterocycles. The van der Waals surface area contributed by atoms with E-state index in [1.807, 2.05) is 0 Å². The molecular formula is C16H9N5O3S. The number of hydrogen-bond acceptors (Lipinski definition) is 7. The second kappa shape index (κ2) is 5.87. The summed E-state index contributed by atoms with van der Waals surface area (Å²) in [6, 6.07) is 9.52. The lowest BCUT2D eigenvalue weighted by Gasteiger charge is -1.92. The third kappa shape index (κ3) is 2.76. The smallest absolute Gasteiger partial charge is 0.266 e. The number of benzene rings is 1. The number of pyridine rings is 1. The minimum atomic E-state index is -0.466. The summed E-state index contributed by atoms with van der Waals surface area (Å²) in [6.45, 7) is 0. The largest absolute Gasteiger partial charge is 0.291 e. The number of aromatic nitrogens is 4. The summed E-state index contributed by atoms with van der Waals surface area (Å²) >= 11 is 1.22. The van der Waals surface area contributed by atoms with Gasteiger partial charge in [-0.2, -0.15) is 9.50 Å². The SMILES string of the molecule is O=c1/c(=C\c2ccc([N+](=O)[O-])cc2)sc2nc(-c3ccncc3)nn12. The average Bonchev–Trinajstić information content (AvgIpc) is 3.16. The molecule has 0 spiro atoms. The van der Waals surface area contributed by atoms with Crippen molar-refractivity contribution in [3.8, 4) is 11.4 Å². The van der Waals surface area contributed by atoms with E-state index in [-0.39, 0.29) is 11.2 Å². The van der Waals surface area contributed by atoms with Gasteiger partial charge in [0.15, 0.2) is 5.82 Å². The highest BCUT2D eigenvalue weighted by molar-refractivity contribution is 7.15. The number of nitro benzene ring substituents is 1. The number of thiazole rings is 1. The maximum Gasteiger partial charge on any atom is 0.291 e. The molecule has 1 aromatic carbocycles. The van der Waals surface area contributed by atoms with Gasteiger partial charge >= 0.3 is 0 Å². The van der Waals surface area contributed by atoms with Crippen LogP contribution in [0.4, 0.5) is 5.69 Å². The maximum absolute atomic E-state index is 12.5. The lowest BCUT2D eigenvalue weighted by molar-refractivity contribution is -0.384. The van der Waals surface area contributed by atoms with E-state index in [2.05, 4.69) is 15.1 Å². The van der Waals surface area contributed by atoms with E-state index in [1.54, 1.807) is 42.7 Å². The molecule has 0 saturated carbocycles. The van der Waals surface area contributed by atoms with Gasteiger partial charge in [0, 0.05) is 30.1 Å². The van der Waals surface area contributed by atoms with Crippen molar-refractivity contribution in [2.75, 3.05) is 0 Å². The third-order valence-electron chi connectivity index (χ3n) is 3.52. The van der Waals surface area contributed by atoms with Crippen molar-refractivity contribution >= 4 is 28.1 Å². The topological polar surface area (TPSA) is 103 Å².